The molecular weight excluding hydrogens is 450 g/mol. The Kier molecular flexibility index (Phi) is 6.26. The van der Waals surface area contributed by atoms with E-state index in [9.17, 15) is 18.4 Å². The van der Waals surface area contributed by atoms with Crippen molar-refractivity contribution in [3.63, 3.8) is 0 Å². The number of thiazole rings is 1. The van der Waals surface area contributed by atoms with Gasteiger partial charge in [-0.3, -0.25) is 9.59 Å². The first-order valence-corrected chi connectivity index (χ1v) is 11.5. The smallest absolute Gasteiger partial charge is 0.228 e. The van der Waals surface area contributed by atoms with Crippen molar-refractivity contribution < 1.29 is 18.4 Å². The number of ketones is 1. The molecule has 0 unspecified atom stereocenters. The molecule has 0 saturated carbocycles. The van der Waals surface area contributed by atoms with E-state index in [1.54, 1.807) is 4.90 Å². The third-order valence-corrected chi connectivity index (χ3v) is 7.37. The fraction of sp³-hybridized carbons (Fsp3) is 0.286. The topological polar surface area (TPSA) is 50.3 Å². The van der Waals surface area contributed by atoms with Gasteiger partial charge in [0.15, 0.2) is 5.78 Å². The summed E-state index contributed by atoms with van der Waals surface area (Å²) in [4.78, 5) is 32.4. The van der Waals surface area contributed by atoms with Gasteiger partial charge in [0, 0.05) is 24.4 Å². The molecule has 4 nitrogen and oxygen atoms in total. The highest BCUT2D eigenvalue weighted by Gasteiger charge is 2.29. The Labute approximate surface area is 185 Å². The molecule has 1 aliphatic heterocycles. The summed E-state index contributed by atoms with van der Waals surface area (Å²) in [6.45, 7) is 0.813. The summed E-state index contributed by atoms with van der Waals surface area (Å²) in [5, 5.41) is 2.69. The van der Waals surface area contributed by atoms with Crippen LogP contribution in [0.1, 0.15) is 28.9 Å². The van der Waals surface area contributed by atoms with Crippen LogP contribution >= 0.6 is 34.3 Å². The van der Waals surface area contributed by atoms with E-state index in [0.29, 0.717) is 36.0 Å². The maximum absolute atomic E-state index is 13.9. The third kappa shape index (κ3) is 4.61. The third-order valence-electron chi connectivity index (χ3n) is 5.08. The molecule has 9 heteroatoms. The molecule has 1 aliphatic rings. The largest absolute Gasteiger partial charge is 0.342 e. The minimum absolute atomic E-state index is 0.0566. The van der Waals surface area contributed by atoms with Gasteiger partial charge >= 0.3 is 0 Å². The van der Waals surface area contributed by atoms with E-state index >= 15 is 0 Å². The number of aromatic nitrogens is 1. The fourth-order valence-corrected chi connectivity index (χ4v) is 5.43. The predicted octanol–water partition coefficient (Wildman–Crippen LogP) is 5.47. The minimum atomic E-state index is -0.716. The van der Waals surface area contributed by atoms with Crippen LogP contribution in [0.25, 0.3) is 9.88 Å². The first-order chi connectivity index (χ1) is 14.4. The van der Waals surface area contributed by atoms with Gasteiger partial charge in [-0.25, -0.2) is 13.8 Å². The number of Topliss-reactive ketones (excluding diaryl/α,β-unsaturated/α-hetero) is 1. The van der Waals surface area contributed by atoms with Crippen LogP contribution < -0.4 is 0 Å². The van der Waals surface area contributed by atoms with Crippen molar-refractivity contribution in [3.05, 3.63) is 62.9 Å². The molecular formula is C21H17ClF2N2O2S2. The van der Waals surface area contributed by atoms with E-state index in [2.05, 4.69) is 4.98 Å². The van der Waals surface area contributed by atoms with Crippen molar-refractivity contribution in [1.82, 2.24) is 9.88 Å². The molecule has 0 atom stereocenters. The molecule has 0 aliphatic carbocycles. The highest BCUT2D eigenvalue weighted by atomic mass is 35.5. The maximum Gasteiger partial charge on any atom is 0.228 e. The van der Waals surface area contributed by atoms with Crippen LogP contribution in [-0.4, -0.2) is 34.7 Å². The number of piperidine rings is 1. The first-order valence-electron chi connectivity index (χ1n) is 9.38. The lowest BCUT2D eigenvalue weighted by molar-refractivity contribution is -0.131. The highest BCUT2D eigenvalue weighted by molar-refractivity contribution is 7.23. The van der Waals surface area contributed by atoms with Gasteiger partial charge in [0.05, 0.1) is 26.9 Å². The van der Waals surface area contributed by atoms with Gasteiger partial charge in [0.1, 0.15) is 16.6 Å². The molecule has 1 amide bonds. The molecule has 3 heterocycles. The summed E-state index contributed by atoms with van der Waals surface area (Å²) in [5.41, 5.74) is 0.480. The molecule has 156 valence electrons. The van der Waals surface area contributed by atoms with Crippen LogP contribution in [0, 0.1) is 17.6 Å². The van der Waals surface area contributed by atoms with Gasteiger partial charge in [-0.05, 0) is 43.2 Å². The molecule has 2 aromatic heterocycles. The summed E-state index contributed by atoms with van der Waals surface area (Å²) in [6.07, 6.45) is 1.04. The second-order valence-corrected chi connectivity index (χ2v) is 9.64. The number of carbonyl (C=O) groups is 2. The van der Waals surface area contributed by atoms with Gasteiger partial charge in [0.25, 0.3) is 0 Å². The molecule has 1 saturated heterocycles. The van der Waals surface area contributed by atoms with Gasteiger partial charge in [-0.1, -0.05) is 11.6 Å². The lowest BCUT2D eigenvalue weighted by Crippen LogP contribution is -2.41. The normalized spacial score (nSPS) is 14.8. The zero-order chi connectivity index (χ0) is 21.3. The van der Waals surface area contributed by atoms with Gasteiger partial charge < -0.3 is 4.90 Å². The number of carbonyl (C=O) groups excluding carboxylic acids is 2. The average molecular weight is 467 g/mol. The summed E-state index contributed by atoms with van der Waals surface area (Å²) in [5.74, 6) is -2.23. The zero-order valence-electron chi connectivity index (χ0n) is 15.7. The van der Waals surface area contributed by atoms with E-state index in [0.717, 1.165) is 28.1 Å². The second-order valence-electron chi connectivity index (χ2n) is 7.07. The summed E-state index contributed by atoms with van der Waals surface area (Å²) in [7, 11) is 0. The monoisotopic (exact) mass is 466 g/mol. The first kappa shape index (κ1) is 21.1. The highest BCUT2D eigenvalue weighted by Crippen LogP contribution is 2.33. The van der Waals surface area contributed by atoms with Gasteiger partial charge in [0.2, 0.25) is 5.91 Å². The second kappa shape index (κ2) is 8.91. The number of hydrogen-bond donors (Lipinski definition) is 0. The average Bonchev–Trinajstić information content (AvgIpc) is 3.38. The summed E-state index contributed by atoms with van der Waals surface area (Å²) >= 11 is 8.87. The minimum Gasteiger partial charge on any atom is -0.342 e. The van der Waals surface area contributed by atoms with Crippen LogP contribution in [0.5, 0.6) is 0 Å². The molecule has 0 bridgehead atoms. The molecule has 1 fully saturated rings. The van der Waals surface area contributed by atoms with Crippen molar-refractivity contribution in [2.24, 2.45) is 5.92 Å². The van der Waals surface area contributed by atoms with Crippen molar-refractivity contribution in [3.8, 4) is 9.88 Å². The lowest BCUT2D eigenvalue weighted by Gasteiger charge is -2.31. The Balaban J connectivity index is 1.34. The van der Waals surface area contributed by atoms with Crippen molar-refractivity contribution in [1.29, 1.82) is 0 Å². The quantitative estimate of drug-likeness (QED) is 0.469. The Morgan fingerprint density at radius 2 is 1.93 bits per heavy atom. The Bertz CT molecular complexity index is 1090. The fourth-order valence-electron chi connectivity index (χ4n) is 3.49. The van der Waals surface area contributed by atoms with Crippen molar-refractivity contribution in [2.45, 2.75) is 19.3 Å². The molecule has 0 spiro atoms. The molecule has 0 N–H and O–H groups in total. The molecule has 1 aromatic carbocycles. The van der Waals surface area contributed by atoms with Crippen molar-refractivity contribution >= 4 is 46.0 Å². The van der Waals surface area contributed by atoms with Crippen molar-refractivity contribution in [2.75, 3.05) is 13.1 Å². The van der Waals surface area contributed by atoms with E-state index < -0.39 is 23.3 Å². The number of nitrogens with zero attached hydrogens (tertiary/aromatic N) is 2. The molecule has 4 rings (SSSR count). The zero-order valence-corrected chi connectivity index (χ0v) is 18.1. The molecule has 3 aromatic rings. The van der Waals surface area contributed by atoms with Crippen LogP contribution in [-0.2, 0) is 11.2 Å². The summed E-state index contributed by atoms with van der Waals surface area (Å²) < 4.78 is 28.0. The maximum atomic E-state index is 13.9. The number of likely N-dealkylation sites (tertiary alicyclic amines) is 1. The predicted molar refractivity (Wildman–Crippen MR) is 114 cm³/mol. The van der Waals surface area contributed by atoms with Crippen LogP contribution in [0.3, 0.4) is 0 Å². The number of rotatable bonds is 5. The Morgan fingerprint density at radius 1 is 1.17 bits per heavy atom. The lowest BCUT2D eigenvalue weighted by atomic mass is 9.88. The number of benzene rings is 1. The van der Waals surface area contributed by atoms with Crippen LogP contribution in [0.2, 0.25) is 4.34 Å². The number of halogens is 3. The number of amides is 1. The van der Waals surface area contributed by atoms with Crippen LogP contribution in [0.4, 0.5) is 8.78 Å². The number of thiophene rings is 1. The number of hydrogen-bond acceptors (Lipinski definition) is 5. The van der Waals surface area contributed by atoms with Gasteiger partial charge in [-0.15, -0.1) is 22.7 Å². The molecule has 0 radical (unpaired) electrons. The van der Waals surface area contributed by atoms with Crippen LogP contribution in [0.15, 0.2) is 35.7 Å². The Morgan fingerprint density at radius 3 is 2.63 bits per heavy atom. The van der Waals surface area contributed by atoms with Gasteiger partial charge in [-0.2, -0.15) is 0 Å². The van der Waals surface area contributed by atoms with E-state index in [1.165, 1.54) is 22.7 Å². The summed E-state index contributed by atoms with van der Waals surface area (Å²) in [6, 6.07) is 6.61. The molecule has 30 heavy (non-hydrogen) atoms. The van der Waals surface area contributed by atoms with E-state index in [1.807, 2.05) is 17.5 Å². The van der Waals surface area contributed by atoms with E-state index in [4.69, 9.17) is 11.6 Å². The SMILES string of the molecule is O=C(c1cc(F)ccc1F)C1CCN(C(=O)Cc2csc(-c3ccc(Cl)s3)n2)CC1. The Hall–Kier alpha value is -2.16. The van der Waals surface area contributed by atoms with E-state index in [-0.39, 0.29) is 17.9 Å². The standard InChI is InChI=1S/C21H17ClF2N2O2S2/c22-18-4-3-17(30-18)21-25-14(11-29-21)10-19(27)26-7-5-12(6-8-26)20(28)15-9-13(23)1-2-16(15)24/h1-4,9,11-12H,5-8,10H2.